The zero-order valence-corrected chi connectivity index (χ0v) is 13.4. The Balaban J connectivity index is 1.93. The predicted octanol–water partition coefficient (Wildman–Crippen LogP) is 3.35. The molecule has 0 unspecified atom stereocenters. The fraction of sp³-hybridized carbons (Fsp3) is 0.647. The van der Waals surface area contributed by atoms with Crippen molar-refractivity contribution in [3.63, 3.8) is 0 Å². The lowest BCUT2D eigenvalue weighted by Crippen LogP contribution is -2.39. The molecule has 1 N–H and O–H groups in total. The first-order valence-electron chi connectivity index (χ1n) is 7.87. The average molecular weight is 275 g/mol. The van der Waals surface area contributed by atoms with E-state index in [4.69, 9.17) is 0 Å². The first-order chi connectivity index (χ1) is 9.60. The Morgan fingerprint density at radius 1 is 1.25 bits per heavy atom. The number of anilines is 2. The quantitative estimate of drug-likeness (QED) is 0.889. The lowest BCUT2D eigenvalue weighted by atomic mass is 10.0. The van der Waals surface area contributed by atoms with Crippen LogP contribution >= 0.6 is 0 Å². The van der Waals surface area contributed by atoms with E-state index in [9.17, 15) is 0 Å². The Morgan fingerprint density at radius 2 is 1.95 bits per heavy atom. The summed E-state index contributed by atoms with van der Waals surface area (Å²) in [5, 5.41) is 3.71. The zero-order valence-electron chi connectivity index (χ0n) is 13.4. The largest absolute Gasteiger partial charge is 0.382 e. The molecule has 1 aliphatic rings. The van der Waals surface area contributed by atoms with Crippen LogP contribution in [0.15, 0.2) is 18.2 Å². The first-order valence-corrected chi connectivity index (χ1v) is 7.87. The fourth-order valence-corrected chi connectivity index (χ4v) is 3.03. The van der Waals surface area contributed by atoms with Gasteiger partial charge in [-0.1, -0.05) is 13.0 Å². The van der Waals surface area contributed by atoms with Gasteiger partial charge in [0.2, 0.25) is 0 Å². The molecule has 1 aromatic carbocycles. The number of piperidine rings is 1. The van der Waals surface area contributed by atoms with Crippen molar-refractivity contribution in [3.8, 4) is 0 Å². The van der Waals surface area contributed by atoms with Crippen molar-refractivity contribution in [3.05, 3.63) is 23.8 Å². The van der Waals surface area contributed by atoms with E-state index in [-0.39, 0.29) is 0 Å². The molecule has 3 heteroatoms. The van der Waals surface area contributed by atoms with Crippen LogP contribution in [0, 0.1) is 6.92 Å². The van der Waals surface area contributed by atoms with Crippen LogP contribution in [0.5, 0.6) is 0 Å². The van der Waals surface area contributed by atoms with Crippen molar-refractivity contribution in [2.45, 2.75) is 39.2 Å². The van der Waals surface area contributed by atoms with Gasteiger partial charge >= 0.3 is 0 Å². The van der Waals surface area contributed by atoms with Crippen LogP contribution in [0.4, 0.5) is 11.4 Å². The van der Waals surface area contributed by atoms with Crippen LogP contribution in [-0.2, 0) is 0 Å². The Kier molecular flexibility index (Phi) is 5.30. The predicted molar refractivity (Wildman–Crippen MR) is 88.9 cm³/mol. The maximum absolute atomic E-state index is 3.71. The van der Waals surface area contributed by atoms with Crippen LogP contribution in [0.1, 0.15) is 31.7 Å². The smallest absolute Gasteiger partial charge is 0.0411 e. The van der Waals surface area contributed by atoms with Crippen LogP contribution in [0.2, 0.25) is 0 Å². The number of nitrogens with zero attached hydrogens (tertiary/aromatic N) is 2. The molecule has 1 saturated heterocycles. The second-order valence-corrected chi connectivity index (χ2v) is 6.16. The maximum atomic E-state index is 3.71. The fourth-order valence-electron chi connectivity index (χ4n) is 3.03. The topological polar surface area (TPSA) is 18.5 Å². The van der Waals surface area contributed by atoms with Crippen molar-refractivity contribution in [1.29, 1.82) is 0 Å². The third kappa shape index (κ3) is 3.89. The Morgan fingerprint density at radius 3 is 2.55 bits per heavy atom. The Hall–Kier alpha value is -1.22. The molecule has 0 spiro atoms. The monoisotopic (exact) mass is 275 g/mol. The molecule has 1 fully saturated rings. The summed E-state index contributed by atoms with van der Waals surface area (Å²) in [7, 11) is 4.21. The summed E-state index contributed by atoms with van der Waals surface area (Å²) in [6.07, 6.45) is 3.78. The Bertz CT molecular complexity index is 420. The first kappa shape index (κ1) is 15.2. The van der Waals surface area contributed by atoms with Gasteiger partial charge in [0, 0.05) is 44.6 Å². The van der Waals surface area contributed by atoms with E-state index < -0.39 is 0 Å². The highest BCUT2D eigenvalue weighted by Crippen LogP contribution is 2.24. The molecule has 1 aromatic rings. The standard InChI is InChI=1S/C17H29N3/c1-5-10-20-11-8-15(9-12-20)18-16-7-6-14(2)17(13-16)19(3)4/h6-7,13,15,18H,5,8-12H2,1-4H3. The molecular formula is C17H29N3. The van der Waals surface area contributed by atoms with Crippen LogP contribution in [0.3, 0.4) is 0 Å². The van der Waals surface area contributed by atoms with Gasteiger partial charge in [-0.25, -0.2) is 0 Å². The molecule has 0 amide bonds. The lowest BCUT2D eigenvalue weighted by molar-refractivity contribution is 0.219. The molecular weight excluding hydrogens is 246 g/mol. The van der Waals surface area contributed by atoms with E-state index >= 15 is 0 Å². The van der Waals surface area contributed by atoms with Gasteiger partial charge < -0.3 is 15.1 Å². The lowest BCUT2D eigenvalue weighted by Gasteiger charge is -2.32. The normalized spacial score (nSPS) is 17.2. The third-order valence-corrected chi connectivity index (χ3v) is 4.19. The second-order valence-electron chi connectivity index (χ2n) is 6.16. The molecule has 2 rings (SSSR count). The van der Waals surface area contributed by atoms with Crippen molar-refractivity contribution in [2.24, 2.45) is 0 Å². The summed E-state index contributed by atoms with van der Waals surface area (Å²) in [5.74, 6) is 0. The van der Waals surface area contributed by atoms with E-state index in [2.05, 4.69) is 61.3 Å². The van der Waals surface area contributed by atoms with Gasteiger partial charge in [0.1, 0.15) is 0 Å². The highest BCUT2D eigenvalue weighted by Gasteiger charge is 2.18. The molecule has 1 aliphatic heterocycles. The van der Waals surface area contributed by atoms with Gasteiger partial charge in [0.15, 0.2) is 0 Å². The molecule has 1 heterocycles. The molecule has 0 bridgehead atoms. The molecule has 0 atom stereocenters. The van der Waals surface area contributed by atoms with Crippen molar-refractivity contribution in [1.82, 2.24) is 4.90 Å². The van der Waals surface area contributed by atoms with E-state index in [0.717, 1.165) is 0 Å². The van der Waals surface area contributed by atoms with Gasteiger partial charge in [0.25, 0.3) is 0 Å². The van der Waals surface area contributed by atoms with Gasteiger partial charge in [-0.2, -0.15) is 0 Å². The SMILES string of the molecule is CCCN1CCC(Nc2ccc(C)c(N(C)C)c2)CC1. The summed E-state index contributed by atoms with van der Waals surface area (Å²) < 4.78 is 0. The highest BCUT2D eigenvalue weighted by atomic mass is 15.1. The number of aryl methyl sites for hydroxylation is 1. The number of rotatable bonds is 5. The maximum Gasteiger partial charge on any atom is 0.0411 e. The summed E-state index contributed by atoms with van der Waals surface area (Å²) in [4.78, 5) is 4.77. The average Bonchev–Trinajstić information content (AvgIpc) is 2.43. The van der Waals surface area contributed by atoms with E-state index in [1.165, 1.54) is 55.8 Å². The van der Waals surface area contributed by atoms with Crippen LogP contribution < -0.4 is 10.2 Å². The Labute approximate surface area is 124 Å². The summed E-state index contributed by atoms with van der Waals surface area (Å²) in [6, 6.07) is 7.32. The summed E-state index contributed by atoms with van der Waals surface area (Å²) >= 11 is 0. The van der Waals surface area contributed by atoms with Gasteiger partial charge in [-0.3, -0.25) is 0 Å². The minimum absolute atomic E-state index is 0.626. The number of benzene rings is 1. The summed E-state index contributed by atoms with van der Waals surface area (Å²) in [5.41, 5.74) is 3.89. The zero-order chi connectivity index (χ0) is 14.5. The molecule has 3 nitrogen and oxygen atoms in total. The van der Waals surface area contributed by atoms with E-state index in [1.54, 1.807) is 0 Å². The molecule has 0 radical (unpaired) electrons. The number of hydrogen-bond acceptors (Lipinski definition) is 3. The van der Waals surface area contributed by atoms with Crippen LogP contribution in [-0.4, -0.2) is 44.7 Å². The van der Waals surface area contributed by atoms with Crippen molar-refractivity contribution < 1.29 is 0 Å². The minimum atomic E-state index is 0.626. The third-order valence-electron chi connectivity index (χ3n) is 4.19. The van der Waals surface area contributed by atoms with E-state index in [0.29, 0.717) is 6.04 Å². The molecule has 0 saturated carbocycles. The molecule has 20 heavy (non-hydrogen) atoms. The van der Waals surface area contributed by atoms with Gasteiger partial charge in [0.05, 0.1) is 0 Å². The van der Waals surface area contributed by atoms with Gasteiger partial charge in [-0.15, -0.1) is 0 Å². The van der Waals surface area contributed by atoms with Crippen molar-refractivity contribution >= 4 is 11.4 Å². The minimum Gasteiger partial charge on any atom is -0.382 e. The van der Waals surface area contributed by atoms with Crippen molar-refractivity contribution in [2.75, 3.05) is 43.9 Å². The molecule has 0 aromatic heterocycles. The number of hydrogen-bond donors (Lipinski definition) is 1. The van der Waals surface area contributed by atoms with Crippen LogP contribution in [0.25, 0.3) is 0 Å². The van der Waals surface area contributed by atoms with Gasteiger partial charge in [-0.05, 0) is 50.4 Å². The highest BCUT2D eigenvalue weighted by molar-refractivity contribution is 5.62. The molecule has 0 aliphatic carbocycles. The second kappa shape index (κ2) is 6.98. The number of nitrogens with one attached hydrogen (secondary N) is 1. The molecule has 112 valence electrons. The van der Waals surface area contributed by atoms with E-state index in [1.807, 2.05) is 0 Å². The number of likely N-dealkylation sites (tertiary alicyclic amines) is 1. The summed E-state index contributed by atoms with van der Waals surface area (Å²) in [6.45, 7) is 8.15.